The third-order valence-electron chi connectivity index (χ3n) is 5.14. The highest BCUT2D eigenvalue weighted by atomic mass is 32.2. The van der Waals surface area contributed by atoms with Crippen LogP contribution >= 0.6 is 11.8 Å². The summed E-state index contributed by atoms with van der Waals surface area (Å²) in [5.41, 5.74) is 1.64. The fraction of sp³-hybridized carbons (Fsp3) is 0.120. The average molecular weight is 512 g/mol. The Hall–Kier alpha value is -4.12. The summed E-state index contributed by atoms with van der Waals surface area (Å²) >= 11 is 1.36. The largest absolute Gasteiger partial charge is 0.332 e. The van der Waals surface area contributed by atoms with Gasteiger partial charge in [-0.05, 0) is 48.7 Å². The van der Waals surface area contributed by atoms with Crippen molar-refractivity contribution in [1.82, 2.24) is 15.0 Å². The van der Waals surface area contributed by atoms with Gasteiger partial charge in [0, 0.05) is 29.8 Å². The van der Waals surface area contributed by atoms with E-state index in [1.165, 1.54) is 49.1 Å². The minimum absolute atomic E-state index is 0.164. The molecule has 0 radical (unpaired) electrons. The molecule has 0 saturated carbocycles. The Morgan fingerprint density at radius 2 is 1.72 bits per heavy atom. The van der Waals surface area contributed by atoms with Gasteiger partial charge in [-0.3, -0.25) is 9.59 Å². The van der Waals surface area contributed by atoms with Gasteiger partial charge >= 0.3 is 0 Å². The molecule has 2 amide bonds. The number of anilines is 2. The fourth-order valence-corrected chi connectivity index (χ4v) is 3.91. The normalized spacial score (nSPS) is 10.8. The van der Waals surface area contributed by atoms with Gasteiger partial charge < -0.3 is 15.6 Å². The van der Waals surface area contributed by atoms with Crippen molar-refractivity contribution in [3.8, 4) is 22.5 Å². The molecule has 7 nitrogen and oxygen atoms in total. The summed E-state index contributed by atoms with van der Waals surface area (Å²) in [5.74, 6) is -3.15. The summed E-state index contributed by atoms with van der Waals surface area (Å²) in [4.78, 5) is 35.8. The van der Waals surface area contributed by atoms with Gasteiger partial charge in [0.25, 0.3) is 0 Å². The lowest BCUT2D eigenvalue weighted by Crippen LogP contribution is -2.17. The van der Waals surface area contributed by atoms with E-state index in [0.717, 1.165) is 12.1 Å². The van der Waals surface area contributed by atoms with Crippen LogP contribution in [0.1, 0.15) is 12.5 Å². The number of aromatic amines is 1. The van der Waals surface area contributed by atoms with E-state index < -0.39 is 35.3 Å². The van der Waals surface area contributed by atoms with Gasteiger partial charge in [-0.2, -0.15) is 0 Å². The summed E-state index contributed by atoms with van der Waals surface area (Å²) in [5, 5.41) is 5.59. The zero-order valence-electron chi connectivity index (χ0n) is 19.2. The topological polar surface area (TPSA) is 99.8 Å². The van der Waals surface area contributed by atoms with E-state index in [9.17, 15) is 22.8 Å². The molecule has 3 N–H and O–H groups in total. The smallest absolute Gasteiger partial charge is 0.229 e. The molecule has 0 atom stereocenters. The summed E-state index contributed by atoms with van der Waals surface area (Å²) in [6, 6.07) is 10.7. The zero-order chi connectivity index (χ0) is 25.8. The number of imidazole rings is 1. The summed E-state index contributed by atoms with van der Waals surface area (Å²) < 4.78 is 42.4. The second-order valence-electron chi connectivity index (χ2n) is 7.70. The first-order valence-corrected chi connectivity index (χ1v) is 11.9. The molecule has 11 heteroatoms. The lowest BCUT2D eigenvalue weighted by molar-refractivity contribution is -0.116. The quantitative estimate of drug-likeness (QED) is 0.288. The van der Waals surface area contributed by atoms with E-state index in [-0.39, 0.29) is 11.6 Å². The molecule has 0 spiro atoms. The monoisotopic (exact) mass is 511 g/mol. The minimum atomic E-state index is -0.860. The van der Waals surface area contributed by atoms with Crippen molar-refractivity contribution in [1.29, 1.82) is 0 Å². The number of carbonyl (C=O) groups excluding carboxylic acids is 2. The number of nitrogens with one attached hydrogen (secondary N) is 3. The molecule has 0 unspecified atom stereocenters. The van der Waals surface area contributed by atoms with Gasteiger partial charge in [0.05, 0.1) is 23.5 Å². The molecular formula is C25H20F3N5O2S. The Labute approximate surface area is 208 Å². The fourth-order valence-electron chi connectivity index (χ4n) is 3.53. The van der Waals surface area contributed by atoms with Gasteiger partial charge in [0.2, 0.25) is 11.8 Å². The van der Waals surface area contributed by atoms with Crippen LogP contribution in [0.2, 0.25) is 0 Å². The van der Waals surface area contributed by atoms with Gasteiger partial charge in [0.1, 0.15) is 23.3 Å². The predicted molar refractivity (Wildman–Crippen MR) is 132 cm³/mol. The van der Waals surface area contributed by atoms with Gasteiger partial charge in [-0.15, -0.1) is 0 Å². The molecular weight excluding hydrogens is 491 g/mol. The highest BCUT2D eigenvalue weighted by Crippen LogP contribution is 2.34. The van der Waals surface area contributed by atoms with E-state index in [2.05, 4.69) is 25.6 Å². The third-order valence-corrected chi connectivity index (χ3v) is 5.72. The number of halogens is 3. The van der Waals surface area contributed by atoms with Crippen molar-refractivity contribution < 1.29 is 22.8 Å². The SMILES string of the molecule is CSc1nc(-c2ccc(F)c(NC(=O)Cc3c(F)cccc3F)c2)c(-c2ccnc(NC(C)=O)c2)[nH]1. The summed E-state index contributed by atoms with van der Waals surface area (Å²) in [7, 11) is 0. The van der Waals surface area contributed by atoms with Crippen LogP contribution in [0.25, 0.3) is 22.5 Å². The Morgan fingerprint density at radius 3 is 2.42 bits per heavy atom. The number of thioether (sulfide) groups is 1. The number of benzene rings is 2. The van der Waals surface area contributed by atoms with Crippen LogP contribution in [0.4, 0.5) is 24.7 Å². The minimum Gasteiger partial charge on any atom is -0.332 e. The number of nitrogens with zero attached hydrogens (tertiary/aromatic N) is 2. The number of pyridine rings is 1. The van der Waals surface area contributed by atoms with Gasteiger partial charge in [-0.1, -0.05) is 17.8 Å². The second-order valence-corrected chi connectivity index (χ2v) is 8.50. The van der Waals surface area contributed by atoms with Crippen LogP contribution in [0.15, 0.2) is 59.9 Å². The molecule has 4 rings (SSSR count). The van der Waals surface area contributed by atoms with Crippen LogP contribution in [-0.2, 0) is 16.0 Å². The Morgan fingerprint density at radius 1 is 0.972 bits per heavy atom. The predicted octanol–water partition coefficient (Wildman–Crippen LogP) is 5.42. The van der Waals surface area contributed by atoms with E-state index in [1.54, 1.807) is 12.1 Å². The first-order chi connectivity index (χ1) is 17.2. The van der Waals surface area contributed by atoms with Crippen LogP contribution in [0.5, 0.6) is 0 Å². The molecule has 0 bridgehead atoms. The zero-order valence-corrected chi connectivity index (χ0v) is 20.0. The average Bonchev–Trinajstić information content (AvgIpc) is 3.27. The van der Waals surface area contributed by atoms with Gasteiger partial charge in [0.15, 0.2) is 5.16 Å². The number of rotatable bonds is 7. The van der Waals surface area contributed by atoms with E-state index in [1.807, 2.05) is 6.26 Å². The van der Waals surface area contributed by atoms with Gasteiger partial charge in [-0.25, -0.2) is 23.1 Å². The number of amides is 2. The van der Waals surface area contributed by atoms with Crippen molar-refractivity contribution in [2.75, 3.05) is 16.9 Å². The van der Waals surface area contributed by atoms with E-state index in [4.69, 9.17) is 0 Å². The molecule has 0 saturated heterocycles. The van der Waals surface area contributed by atoms with Crippen LogP contribution in [0.3, 0.4) is 0 Å². The van der Waals surface area contributed by atoms with Crippen LogP contribution < -0.4 is 10.6 Å². The molecule has 36 heavy (non-hydrogen) atoms. The van der Waals surface area contributed by atoms with Crippen molar-refractivity contribution in [3.63, 3.8) is 0 Å². The standard InChI is InChI=1S/C25H20F3N5O2S/c1-13(34)30-21-11-15(8-9-29-21)24-23(32-25(33-24)36-2)14-6-7-19(28)20(10-14)31-22(35)12-16-17(26)4-3-5-18(16)27/h3-11H,12H2,1-2H3,(H,31,35)(H,32,33)(H,29,30,34). The van der Waals surface area contributed by atoms with Crippen LogP contribution in [-0.4, -0.2) is 33.0 Å². The number of aromatic nitrogens is 3. The lowest BCUT2D eigenvalue weighted by atomic mass is 10.0. The van der Waals surface area contributed by atoms with Crippen LogP contribution in [0, 0.1) is 17.5 Å². The second kappa shape index (κ2) is 10.6. The number of H-pyrrole nitrogens is 1. The third kappa shape index (κ3) is 5.57. The summed E-state index contributed by atoms with van der Waals surface area (Å²) in [6.07, 6.45) is 2.76. The molecule has 4 aromatic rings. The number of carbonyl (C=O) groups is 2. The molecule has 2 aromatic carbocycles. The Bertz CT molecular complexity index is 1440. The molecule has 184 valence electrons. The number of hydrogen-bond donors (Lipinski definition) is 3. The number of hydrogen-bond acceptors (Lipinski definition) is 5. The maximum Gasteiger partial charge on any atom is 0.229 e. The molecule has 0 aliphatic rings. The first kappa shape index (κ1) is 25.0. The van der Waals surface area contributed by atoms with Crippen molar-refractivity contribution >= 4 is 35.1 Å². The van der Waals surface area contributed by atoms with Crippen molar-refractivity contribution in [2.45, 2.75) is 18.5 Å². The molecule has 2 aromatic heterocycles. The van der Waals surface area contributed by atoms with Crippen molar-refractivity contribution in [2.24, 2.45) is 0 Å². The maximum absolute atomic E-state index is 14.6. The molecule has 0 aliphatic carbocycles. The van der Waals surface area contributed by atoms with E-state index >= 15 is 0 Å². The Balaban J connectivity index is 1.67. The van der Waals surface area contributed by atoms with Crippen molar-refractivity contribution in [3.05, 3.63) is 77.7 Å². The molecule has 0 aliphatic heterocycles. The molecule has 0 fully saturated rings. The highest BCUT2D eigenvalue weighted by molar-refractivity contribution is 7.98. The van der Waals surface area contributed by atoms with E-state index in [0.29, 0.717) is 33.5 Å². The Kier molecular flexibility index (Phi) is 7.39. The first-order valence-electron chi connectivity index (χ1n) is 10.7. The lowest BCUT2D eigenvalue weighted by Gasteiger charge is -2.10. The molecule has 2 heterocycles. The summed E-state index contributed by atoms with van der Waals surface area (Å²) in [6.45, 7) is 1.37. The highest BCUT2D eigenvalue weighted by Gasteiger charge is 2.18. The maximum atomic E-state index is 14.6.